The summed E-state index contributed by atoms with van der Waals surface area (Å²) >= 11 is 6.23. The van der Waals surface area contributed by atoms with Crippen molar-refractivity contribution in [2.75, 3.05) is 10.6 Å². The Morgan fingerprint density at radius 1 is 1.21 bits per heavy atom. The lowest BCUT2D eigenvalue weighted by Crippen LogP contribution is -2.31. The minimum Gasteiger partial charge on any atom is -0.399 e. The van der Waals surface area contributed by atoms with Gasteiger partial charge in [0.25, 0.3) is 0 Å². The molecule has 4 heteroatoms. The molecule has 0 spiro atoms. The average molecular weight is 276 g/mol. The minimum atomic E-state index is 0.310. The zero-order valence-electron chi connectivity index (χ0n) is 11.2. The first kappa shape index (κ1) is 13.7. The van der Waals surface area contributed by atoms with Gasteiger partial charge in [-0.2, -0.15) is 0 Å². The summed E-state index contributed by atoms with van der Waals surface area (Å²) in [7, 11) is 0. The maximum absolute atomic E-state index is 6.23. The number of nitrogens with two attached hydrogens (primary N) is 1. The Hall–Kier alpha value is -1.74. The van der Waals surface area contributed by atoms with Gasteiger partial charge in [-0.1, -0.05) is 23.7 Å². The lowest BCUT2D eigenvalue weighted by Gasteiger charge is -2.28. The molecule has 3 nitrogen and oxygen atoms in total. The van der Waals surface area contributed by atoms with E-state index in [0.29, 0.717) is 11.1 Å². The molecule has 2 N–H and O–H groups in total. The highest BCUT2D eigenvalue weighted by molar-refractivity contribution is 6.32. The average Bonchev–Trinajstić information content (AvgIpc) is 2.39. The molecule has 0 fully saturated rings. The highest BCUT2D eigenvalue weighted by Crippen LogP contribution is 2.26. The molecule has 0 atom stereocenters. The third kappa shape index (κ3) is 3.38. The van der Waals surface area contributed by atoms with E-state index in [1.165, 1.54) is 5.56 Å². The molecule has 1 heterocycles. The topological polar surface area (TPSA) is 42.1 Å². The van der Waals surface area contributed by atoms with Crippen molar-refractivity contribution in [3.63, 3.8) is 0 Å². The number of nitrogens with zero attached hydrogens (tertiary/aromatic N) is 2. The van der Waals surface area contributed by atoms with E-state index >= 15 is 0 Å². The molecule has 0 saturated heterocycles. The Morgan fingerprint density at radius 3 is 2.47 bits per heavy atom. The van der Waals surface area contributed by atoms with Crippen LogP contribution >= 0.6 is 11.6 Å². The van der Waals surface area contributed by atoms with Crippen molar-refractivity contribution >= 4 is 23.1 Å². The van der Waals surface area contributed by atoms with E-state index < -0.39 is 0 Å². The molecule has 1 aromatic heterocycles. The number of rotatable bonds is 4. The molecule has 2 aromatic rings. The van der Waals surface area contributed by atoms with Crippen LogP contribution in [0, 0.1) is 0 Å². The van der Waals surface area contributed by atoms with Crippen molar-refractivity contribution in [2.45, 2.75) is 26.4 Å². The second kappa shape index (κ2) is 5.93. The summed E-state index contributed by atoms with van der Waals surface area (Å²) in [5.74, 6) is 0.816. The van der Waals surface area contributed by atoms with Gasteiger partial charge in [0, 0.05) is 24.5 Å². The summed E-state index contributed by atoms with van der Waals surface area (Å²) in [6.45, 7) is 5.01. The zero-order chi connectivity index (χ0) is 13.8. The van der Waals surface area contributed by atoms with Crippen LogP contribution in [0.2, 0.25) is 5.02 Å². The van der Waals surface area contributed by atoms with E-state index in [-0.39, 0.29) is 0 Å². The molecule has 0 amide bonds. The fraction of sp³-hybridized carbons (Fsp3) is 0.267. The van der Waals surface area contributed by atoms with Crippen LogP contribution in [0.15, 0.2) is 42.6 Å². The van der Waals surface area contributed by atoms with Crippen molar-refractivity contribution in [3.8, 4) is 0 Å². The maximum atomic E-state index is 6.23. The van der Waals surface area contributed by atoms with Crippen LogP contribution < -0.4 is 10.6 Å². The van der Waals surface area contributed by atoms with Crippen LogP contribution in [0.5, 0.6) is 0 Å². The van der Waals surface area contributed by atoms with Crippen molar-refractivity contribution in [2.24, 2.45) is 0 Å². The summed E-state index contributed by atoms with van der Waals surface area (Å²) in [5, 5.41) is 0.673. The summed E-state index contributed by atoms with van der Waals surface area (Å²) in [6, 6.07) is 11.9. The highest BCUT2D eigenvalue weighted by Gasteiger charge is 2.15. The first-order valence-corrected chi connectivity index (χ1v) is 6.67. The lowest BCUT2D eigenvalue weighted by molar-refractivity contribution is 0.673. The van der Waals surface area contributed by atoms with Crippen molar-refractivity contribution in [1.29, 1.82) is 0 Å². The van der Waals surface area contributed by atoms with Gasteiger partial charge in [-0.15, -0.1) is 0 Å². The standard InChI is InChI=1S/C15H18ClN3/c1-11(2)19(15-14(16)4-3-9-18-15)10-12-5-7-13(17)8-6-12/h3-9,11H,10,17H2,1-2H3. The SMILES string of the molecule is CC(C)N(Cc1ccc(N)cc1)c1ncccc1Cl. The third-order valence-corrected chi connectivity index (χ3v) is 3.26. The second-order valence-electron chi connectivity index (χ2n) is 4.77. The molecule has 0 radical (unpaired) electrons. The molecule has 0 bridgehead atoms. The fourth-order valence-corrected chi connectivity index (χ4v) is 2.14. The van der Waals surface area contributed by atoms with Crippen LogP contribution in [0.4, 0.5) is 11.5 Å². The molecule has 2 rings (SSSR count). The van der Waals surface area contributed by atoms with Gasteiger partial charge in [0.1, 0.15) is 5.82 Å². The zero-order valence-corrected chi connectivity index (χ0v) is 11.9. The number of halogens is 1. The molecule has 0 aliphatic rings. The number of nitrogen functional groups attached to an aromatic ring is 1. The molecule has 1 aromatic carbocycles. The van der Waals surface area contributed by atoms with Crippen LogP contribution in [0.25, 0.3) is 0 Å². The van der Waals surface area contributed by atoms with E-state index in [2.05, 4.69) is 23.7 Å². The van der Waals surface area contributed by atoms with Crippen LogP contribution in [-0.2, 0) is 6.54 Å². The van der Waals surface area contributed by atoms with Crippen LogP contribution in [0.3, 0.4) is 0 Å². The van der Waals surface area contributed by atoms with E-state index in [1.54, 1.807) is 6.20 Å². The highest BCUT2D eigenvalue weighted by atomic mass is 35.5. The van der Waals surface area contributed by atoms with Gasteiger partial charge in [0.05, 0.1) is 5.02 Å². The maximum Gasteiger partial charge on any atom is 0.147 e. The van der Waals surface area contributed by atoms with E-state index in [0.717, 1.165) is 18.1 Å². The largest absolute Gasteiger partial charge is 0.399 e. The summed E-state index contributed by atoms with van der Waals surface area (Å²) in [4.78, 5) is 6.56. The van der Waals surface area contributed by atoms with Gasteiger partial charge in [-0.05, 0) is 43.7 Å². The second-order valence-corrected chi connectivity index (χ2v) is 5.18. The number of benzene rings is 1. The third-order valence-electron chi connectivity index (χ3n) is 2.97. The molecule has 100 valence electrons. The monoisotopic (exact) mass is 275 g/mol. The Labute approximate surface area is 119 Å². The van der Waals surface area contributed by atoms with Crippen molar-refractivity contribution in [1.82, 2.24) is 4.98 Å². The lowest BCUT2D eigenvalue weighted by atomic mass is 10.1. The molecule has 0 unspecified atom stereocenters. The number of anilines is 2. The summed E-state index contributed by atoms with van der Waals surface area (Å²) < 4.78 is 0. The van der Waals surface area contributed by atoms with Gasteiger partial charge in [0.2, 0.25) is 0 Å². The number of hydrogen-bond donors (Lipinski definition) is 1. The van der Waals surface area contributed by atoms with Gasteiger partial charge in [-0.3, -0.25) is 0 Å². The predicted octanol–water partition coefficient (Wildman–Crippen LogP) is 3.73. The normalized spacial score (nSPS) is 10.7. The molecule has 0 saturated carbocycles. The Morgan fingerprint density at radius 2 is 1.89 bits per heavy atom. The van der Waals surface area contributed by atoms with Crippen LogP contribution in [-0.4, -0.2) is 11.0 Å². The minimum absolute atomic E-state index is 0.310. The number of aromatic nitrogens is 1. The quantitative estimate of drug-likeness (QED) is 0.865. The molecule has 0 aliphatic carbocycles. The summed E-state index contributed by atoms with van der Waals surface area (Å²) in [6.07, 6.45) is 1.76. The predicted molar refractivity (Wildman–Crippen MR) is 81.4 cm³/mol. The molecule has 19 heavy (non-hydrogen) atoms. The van der Waals surface area contributed by atoms with Crippen molar-refractivity contribution in [3.05, 3.63) is 53.2 Å². The summed E-state index contributed by atoms with van der Waals surface area (Å²) in [5.41, 5.74) is 7.66. The van der Waals surface area contributed by atoms with Gasteiger partial charge >= 0.3 is 0 Å². The number of hydrogen-bond acceptors (Lipinski definition) is 3. The molecular weight excluding hydrogens is 258 g/mol. The molecular formula is C15H18ClN3. The Kier molecular flexibility index (Phi) is 4.27. The van der Waals surface area contributed by atoms with Gasteiger partial charge < -0.3 is 10.6 Å². The van der Waals surface area contributed by atoms with E-state index in [4.69, 9.17) is 17.3 Å². The van der Waals surface area contributed by atoms with Gasteiger partial charge in [-0.25, -0.2) is 4.98 Å². The first-order chi connectivity index (χ1) is 9.08. The number of pyridine rings is 1. The van der Waals surface area contributed by atoms with Gasteiger partial charge in [0.15, 0.2) is 0 Å². The van der Waals surface area contributed by atoms with Crippen molar-refractivity contribution < 1.29 is 0 Å². The Balaban J connectivity index is 2.27. The van der Waals surface area contributed by atoms with E-state index in [1.807, 2.05) is 36.4 Å². The van der Waals surface area contributed by atoms with E-state index in [9.17, 15) is 0 Å². The fourth-order valence-electron chi connectivity index (χ4n) is 1.91. The smallest absolute Gasteiger partial charge is 0.147 e. The first-order valence-electron chi connectivity index (χ1n) is 6.29. The Bertz CT molecular complexity index is 537. The molecule has 0 aliphatic heterocycles. The van der Waals surface area contributed by atoms with Crippen LogP contribution in [0.1, 0.15) is 19.4 Å².